The number of anilines is 2. The van der Waals surface area contributed by atoms with Gasteiger partial charge in [0.05, 0.1) is 11.4 Å². The molecule has 1 aliphatic heterocycles. The number of carboxylic acid groups (broad SMARTS) is 1. The Balaban J connectivity index is 1.32. The third kappa shape index (κ3) is 9.87. The smallest absolute Gasteiger partial charge is 0.410 e. The molecule has 0 spiro atoms. The second kappa shape index (κ2) is 15.2. The lowest BCUT2D eigenvalue weighted by molar-refractivity contribution is -0.138. The number of nitrogens with zero attached hydrogens (tertiary/aromatic N) is 1. The molecular formula is C34H40N4O8S. The van der Waals surface area contributed by atoms with Gasteiger partial charge >= 0.3 is 12.1 Å². The number of hydrogen-bond donors (Lipinski definition) is 5. The van der Waals surface area contributed by atoms with Gasteiger partial charge in [0.2, 0.25) is 5.91 Å². The summed E-state index contributed by atoms with van der Waals surface area (Å²) in [5.74, 6) is -1.49. The number of aliphatic carboxylic acids is 1. The van der Waals surface area contributed by atoms with E-state index in [4.69, 9.17) is 4.74 Å². The Morgan fingerprint density at radius 3 is 2.40 bits per heavy atom. The van der Waals surface area contributed by atoms with Crippen LogP contribution in [0.15, 0.2) is 65.6 Å². The molecule has 0 saturated heterocycles. The van der Waals surface area contributed by atoms with Gasteiger partial charge in [0.15, 0.2) is 17.1 Å². The van der Waals surface area contributed by atoms with Gasteiger partial charge in [0.1, 0.15) is 5.60 Å². The van der Waals surface area contributed by atoms with E-state index in [9.17, 15) is 33.0 Å². The number of aryl methyl sites for hydroxylation is 1. The molecule has 5 N–H and O–H groups in total. The minimum atomic E-state index is -2.30. The molecule has 0 bridgehead atoms. The van der Waals surface area contributed by atoms with Crippen LogP contribution in [-0.2, 0) is 44.8 Å². The molecule has 250 valence electrons. The predicted molar refractivity (Wildman–Crippen MR) is 178 cm³/mol. The summed E-state index contributed by atoms with van der Waals surface area (Å²) in [4.78, 5) is 50.9. The molecule has 2 unspecified atom stereocenters. The number of ether oxygens (including phenoxy) is 1. The van der Waals surface area contributed by atoms with E-state index in [1.54, 1.807) is 51.1 Å². The summed E-state index contributed by atoms with van der Waals surface area (Å²) in [5.41, 5.74) is 3.58. The van der Waals surface area contributed by atoms with E-state index in [0.29, 0.717) is 47.5 Å². The first-order valence-electron chi connectivity index (χ1n) is 15.2. The van der Waals surface area contributed by atoms with Crippen molar-refractivity contribution >= 4 is 46.3 Å². The Labute approximate surface area is 276 Å². The van der Waals surface area contributed by atoms with Gasteiger partial charge < -0.3 is 35.2 Å². The number of carboxylic acids is 1. The molecule has 4 rings (SSSR count). The summed E-state index contributed by atoms with van der Waals surface area (Å²) >= 11 is -2.30. The largest absolute Gasteiger partial charge is 0.479 e. The first-order chi connectivity index (χ1) is 22.2. The molecule has 0 fully saturated rings. The third-order valence-corrected chi connectivity index (χ3v) is 8.19. The van der Waals surface area contributed by atoms with Crippen LogP contribution in [0.2, 0.25) is 0 Å². The zero-order valence-corrected chi connectivity index (χ0v) is 27.6. The van der Waals surface area contributed by atoms with Gasteiger partial charge in [-0.2, -0.15) is 0 Å². The summed E-state index contributed by atoms with van der Waals surface area (Å²) in [7, 11) is 1.52. The van der Waals surface area contributed by atoms with Crippen molar-refractivity contribution in [2.45, 2.75) is 69.5 Å². The molecule has 2 atom stereocenters. The van der Waals surface area contributed by atoms with Crippen molar-refractivity contribution in [3.05, 3.63) is 88.5 Å². The number of carbonyl (C=O) groups is 4. The summed E-state index contributed by atoms with van der Waals surface area (Å²) in [6.45, 7) is 5.80. The number of nitrogens with one attached hydrogen (secondary N) is 3. The third-order valence-electron chi connectivity index (χ3n) is 7.42. The molecule has 0 radical (unpaired) electrons. The summed E-state index contributed by atoms with van der Waals surface area (Å²) in [6, 6.07) is 15.9. The Bertz CT molecular complexity index is 1670. The monoisotopic (exact) mass is 664 g/mol. The van der Waals surface area contributed by atoms with E-state index in [-0.39, 0.29) is 29.7 Å². The average Bonchev–Trinajstić information content (AvgIpc) is 2.99. The number of carbonyl (C=O) groups excluding carboxylic acids is 3. The highest BCUT2D eigenvalue weighted by Gasteiger charge is 2.23. The number of hydrogen-bond acceptors (Lipinski definition) is 7. The zero-order valence-electron chi connectivity index (χ0n) is 26.8. The fraction of sp³-hybridized carbons (Fsp3) is 0.353. The summed E-state index contributed by atoms with van der Waals surface area (Å²) in [6.07, 6.45) is 1.44. The van der Waals surface area contributed by atoms with Gasteiger partial charge in [0.25, 0.3) is 5.91 Å². The average molecular weight is 665 g/mol. The Hall–Kier alpha value is -4.75. The lowest BCUT2D eigenvalue weighted by Gasteiger charge is -2.25. The zero-order chi connectivity index (χ0) is 34.3. The van der Waals surface area contributed by atoms with Gasteiger partial charge in [0, 0.05) is 37.0 Å². The van der Waals surface area contributed by atoms with E-state index in [1.165, 1.54) is 24.1 Å². The Morgan fingerprint density at radius 2 is 1.74 bits per heavy atom. The predicted octanol–water partition coefficient (Wildman–Crippen LogP) is 5.12. The van der Waals surface area contributed by atoms with Crippen LogP contribution in [0.3, 0.4) is 0 Å². The highest BCUT2D eigenvalue weighted by molar-refractivity contribution is 7.79. The van der Waals surface area contributed by atoms with Gasteiger partial charge in [-0.1, -0.05) is 30.3 Å². The number of amides is 3. The first kappa shape index (κ1) is 35.1. The topological polar surface area (TPSA) is 174 Å². The molecule has 0 saturated carbocycles. The summed E-state index contributed by atoms with van der Waals surface area (Å²) < 4.78 is 27.0. The normalized spacial score (nSPS) is 13.9. The quantitative estimate of drug-likeness (QED) is 0.165. The minimum absolute atomic E-state index is 0.00101. The van der Waals surface area contributed by atoms with Crippen LogP contribution >= 0.6 is 0 Å². The van der Waals surface area contributed by atoms with Gasteiger partial charge in [-0.05, 0) is 92.6 Å². The molecule has 1 heterocycles. The van der Waals surface area contributed by atoms with Crippen molar-refractivity contribution in [3.8, 4) is 0 Å². The second-order valence-electron chi connectivity index (χ2n) is 12.3. The van der Waals surface area contributed by atoms with Crippen LogP contribution in [-0.4, -0.2) is 61.8 Å². The molecule has 3 aromatic rings. The fourth-order valence-electron chi connectivity index (χ4n) is 5.12. The van der Waals surface area contributed by atoms with E-state index >= 15 is 0 Å². The Morgan fingerprint density at radius 1 is 1.04 bits per heavy atom. The SMILES string of the molecule is CN(Cc1cc(NC(=O)CCCc2ccc(C(Nc3ccc4c(c3)C(=O)NCC4)C(=O)O)cc2)ccc1S(=O)O)C(=O)OC(C)(C)C. The van der Waals surface area contributed by atoms with Crippen molar-refractivity contribution in [3.63, 3.8) is 0 Å². The van der Waals surface area contributed by atoms with Gasteiger partial charge in [-0.25, -0.2) is 13.8 Å². The number of rotatable bonds is 12. The standard InChI is InChI=1S/C34H40N4O8S/c1-34(2,3)46-33(43)38(4)20-24-18-25(14-15-28(24)47(44)45)36-29(39)7-5-6-21-8-10-23(11-9-21)30(32(41)42)37-26-13-12-22-16-17-35-31(40)27(22)19-26/h8-15,18-19,30,37H,5-7,16-17,20H2,1-4H3,(H,35,40)(H,36,39)(H,41,42)(H,44,45). The van der Waals surface area contributed by atoms with Crippen molar-refractivity contribution in [2.75, 3.05) is 24.2 Å². The summed E-state index contributed by atoms with van der Waals surface area (Å²) in [5, 5.41) is 18.5. The van der Waals surface area contributed by atoms with E-state index in [0.717, 1.165) is 17.5 Å². The molecule has 47 heavy (non-hydrogen) atoms. The molecule has 13 heteroatoms. The van der Waals surface area contributed by atoms with Crippen molar-refractivity contribution < 1.29 is 37.8 Å². The number of fused-ring (bicyclic) bond motifs is 1. The van der Waals surface area contributed by atoms with Crippen LogP contribution in [0.4, 0.5) is 16.2 Å². The van der Waals surface area contributed by atoms with Crippen LogP contribution in [0.1, 0.15) is 72.3 Å². The van der Waals surface area contributed by atoms with E-state index in [2.05, 4.69) is 16.0 Å². The van der Waals surface area contributed by atoms with E-state index in [1.807, 2.05) is 18.2 Å². The highest BCUT2D eigenvalue weighted by atomic mass is 32.2. The highest BCUT2D eigenvalue weighted by Crippen LogP contribution is 2.25. The van der Waals surface area contributed by atoms with Crippen LogP contribution < -0.4 is 16.0 Å². The molecule has 12 nitrogen and oxygen atoms in total. The van der Waals surface area contributed by atoms with Gasteiger partial charge in [-0.3, -0.25) is 9.59 Å². The fourth-order valence-corrected chi connectivity index (χ4v) is 5.65. The lowest BCUT2D eigenvalue weighted by Crippen LogP contribution is -2.34. The maximum atomic E-state index is 12.7. The Kier molecular flexibility index (Phi) is 11.4. The molecule has 3 aromatic carbocycles. The molecule has 0 aliphatic carbocycles. The minimum Gasteiger partial charge on any atom is -0.479 e. The molecular weight excluding hydrogens is 624 g/mol. The molecule has 3 amide bonds. The second-order valence-corrected chi connectivity index (χ2v) is 13.3. The maximum Gasteiger partial charge on any atom is 0.410 e. The van der Waals surface area contributed by atoms with E-state index < -0.39 is 34.8 Å². The number of benzene rings is 3. The first-order valence-corrected chi connectivity index (χ1v) is 16.3. The van der Waals surface area contributed by atoms with Crippen LogP contribution in [0, 0.1) is 0 Å². The lowest BCUT2D eigenvalue weighted by atomic mass is 9.98. The van der Waals surface area contributed by atoms with Crippen molar-refractivity contribution in [1.29, 1.82) is 0 Å². The molecule has 1 aliphatic rings. The van der Waals surface area contributed by atoms with Crippen molar-refractivity contribution in [1.82, 2.24) is 10.2 Å². The van der Waals surface area contributed by atoms with Crippen LogP contribution in [0.5, 0.6) is 0 Å². The van der Waals surface area contributed by atoms with Gasteiger partial charge in [-0.15, -0.1) is 0 Å². The molecule has 0 aromatic heterocycles. The van der Waals surface area contributed by atoms with Crippen LogP contribution in [0.25, 0.3) is 0 Å². The maximum absolute atomic E-state index is 12.7. The van der Waals surface area contributed by atoms with Crippen molar-refractivity contribution in [2.24, 2.45) is 0 Å².